The normalized spacial score (nSPS) is 41.8. The summed E-state index contributed by atoms with van der Waals surface area (Å²) in [6, 6.07) is 16.9. The minimum atomic E-state index is -0.477. The maximum Gasteiger partial charge on any atom is 0.167 e. The van der Waals surface area contributed by atoms with E-state index in [9.17, 15) is 9.90 Å². The van der Waals surface area contributed by atoms with Crippen molar-refractivity contribution in [2.45, 2.75) is 91.1 Å². The van der Waals surface area contributed by atoms with Gasteiger partial charge in [-0.1, -0.05) is 67.9 Å². The lowest BCUT2D eigenvalue weighted by molar-refractivity contribution is -0.144. The molecule has 0 bridgehead atoms. The van der Waals surface area contributed by atoms with Gasteiger partial charge in [-0.05, 0) is 117 Å². The Kier molecular flexibility index (Phi) is 5.80. The Labute approximate surface area is 217 Å². The van der Waals surface area contributed by atoms with Crippen molar-refractivity contribution >= 4 is 5.78 Å². The Hall–Kier alpha value is -1.93. The molecule has 2 aromatic carbocycles. The molecule has 0 aromatic heterocycles. The number of Topliss-reactive ketones (excluding diaryl/α,β-unsaturated/α-hetero) is 1. The summed E-state index contributed by atoms with van der Waals surface area (Å²) < 4.78 is 0. The zero-order valence-corrected chi connectivity index (χ0v) is 22.7. The molecular weight excluding hydrogens is 440 g/mol. The van der Waals surface area contributed by atoms with Gasteiger partial charge in [0.2, 0.25) is 0 Å². The molecule has 0 heterocycles. The zero-order valence-electron chi connectivity index (χ0n) is 22.7. The van der Waals surface area contributed by atoms with Gasteiger partial charge in [0.05, 0.1) is 5.60 Å². The minimum absolute atomic E-state index is 0.112. The lowest BCUT2D eigenvalue weighted by Gasteiger charge is -2.61. The third-order valence-corrected chi connectivity index (χ3v) is 11.8. The van der Waals surface area contributed by atoms with Gasteiger partial charge in [-0.2, -0.15) is 0 Å². The molecule has 4 aliphatic rings. The van der Waals surface area contributed by atoms with E-state index in [-0.39, 0.29) is 11.3 Å². The number of hydrogen-bond donors (Lipinski definition) is 1. The van der Waals surface area contributed by atoms with Crippen LogP contribution in [0.5, 0.6) is 0 Å². The van der Waals surface area contributed by atoms with Crippen LogP contribution in [0.25, 0.3) is 11.1 Å². The van der Waals surface area contributed by atoms with Crippen LogP contribution in [0.3, 0.4) is 0 Å². The van der Waals surface area contributed by atoms with Crippen molar-refractivity contribution in [3.05, 3.63) is 59.7 Å². The largest absolute Gasteiger partial charge is 0.390 e. The van der Waals surface area contributed by atoms with Gasteiger partial charge in [-0.15, -0.1) is 0 Å². The Balaban J connectivity index is 1.29. The summed E-state index contributed by atoms with van der Waals surface area (Å²) >= 11 is 0. The van der Waals surface area contributed by atoms with Gasteiger partial charge in [-0.3, -0.25) is 4.79 Å². The Morgan fingerprint density at radius 3 is 2.36 bits per heavy atom. The summed E-state index contributed by atoms with van der Waals surface area (Å²) in [5, 5.41) is 10.8. The topological polar surface area (TPSA) is 37.3 Å². The molecule has 6 rings (SSSR count). The Bertz CT molecular complexity index is 1150. The van der Waals surface area contributed by atoms with Crippen molar-refractivity contribution in [2.24, 2.45) is 40.4 Å². The van der Waals surface area contributed by atoms with Crippen LogP contribution in [0.15, 0.2) is 48.5 Å². The fourth-order valence-corrected chi connectivity index (χ4v) is 9.78. The van der Waals surface area contributed by atoms with Crippen LogP contribution < -0.4 is 0 Å². The number of aryl methyl sites for hydroxylation is 1. The molecule has 0 saturated heterocycles. The summed E-state index contributed by atoms with van der Waals surface area (Å²) in [5.41, 5.74) is 4.38. The van der Waals surface area contributed by atoms with Crippen LogP contribution in [0.2, 0.25) is 0 Å². The van der Waals surface area contributed by atoms with Crippen LogP contribution in [-0.4, -0.2) is 16.5 Å². The molecule has 1 N–H and O–H groups in total. The molecular formula is C34H44O2. The predicted molar refractivity (Wildman–Crippen MR) is 147 cm³/mol. The van der Waals surface area contributed by atoms with E-state index >= 15 is 0 Å². The summed E-state index contributed by atoms with van der Waals surface area (Å²) in [6.45, 7) is 9.21. The van der Waals surface area contributed by atoms with Gasteiger partial charge in [0.15, 0.2) is 5.78 Å². The Morgan fingerprint density at radius 1 is 0.833 bits per heavy atom. The molecule has 4 fully saturated rings. The van der Waals surface area contributed by atoms with Gasteiger partial charge in [0, 0.05) is 11.5 Å². The van der Waals surface area contributed by atoms with Crippen molar-refractivity contribution in [2.75, 3.05) is 0 Å². The highest BCUT2D eigenvalue weighted by Crippen LogP contribution is 2.68. The molecule has 192 valence electrons. The summed E-state index contributed by atoms with van der Waals surface area (Å²) in [6.07, 6.45) is 10.3. The van der Waals surface area contributed by atoms with E-state index in [1.165, 1.54) is 44.1 Å². The standard InChI is InChI=1S/C34H44O2/c1-22-10-12-25(27(20-22)23-8-6-5-7-9-23)31(35)30-15-14-28-26-13-11-24-21-32(2,36)18-19-33(24,3)29(26)16-17-34(28,30)4/h5-10,12,20,24,26,28-30,36H,11,13-19,21H2,1-4H3/t24-,26-,28-,29-,30+,32+,33-,34-/m0/s1. The van der Waals surface area contributed by atoms with Gasteiger partial charge < -0.3 is 5.11 Å². The second-order valence-electron chi connectivity index (χ2n) is 13.8. The average Bonchev–Trinajstić information content (AvgIpc) is 3.21. The van der Waals surface area contributed by atoms with Crippen LogP contribution in [-0.2, 0) is 0 Å². The summed E-state index contributed by atoms with van der Waals surface area (Å²) in [7, 11) is 0. The Morgan fingerprint density at radius 2 is 1.58 bits per heavy atom. The van der Waals surface area contributed by atoms with Crippen molar-refractivity contribution in [3.8, 4) is 11.1 Å². The number of hydrogen-bond acceptors (Lipinski definition) is 2. The van der Waals surface area contributed by atoms with E-state index in [0.29, 0.717) is 23.0 Å². The molecule has 4 saturated carbocycles. The number of ketones is 1. The molecule has 0 unspecified atom stereocenters. The SMILES string of the molecule is Cc1ccc(C(=O)[C@H]2CC[C@H]3[C@@H]4CC[C@H]5C[C@](C)(O)CC[C@]5(C)[C@H]4CC[C@]23C)c(-c2ccccc2)c1. The van der Waals surface area contributed by atoms with E-state index in [4.69, 9.17) is 0 Å². The summed E-state index contributed by atoms with van der Waals surface area (Å²) in [5.74, 6) is 3.34. The van der Waals surface area contributed by atoms with Crippen LogP contribution in [0, 0.1) is 47.3 Å². The van der Waals surface area contributed by atoms with Crippen molar-refractivity contribution in [3.63, 3.8) is 0 Å². The van der Waals surface area contributed by atoms with Gasteiger partial charge in [-0.25, -0.2) is 0 Å². The summed E-state index contributed by atoms with van der Waals surface area (Å²) in [4.78, 5) is 14.3. The first-order chi connectivity index (χ1) is 17.1. The molecule has 2 nitrogen and oxygen atoms in total. The number of benzene rings is 2. The second-order valence-corrected chi connectivity index (χ2v) is 13.8. The van der Waals surface area contributed by atoms with Crippen LogP contribution >= 0.6 is 0 Å². The molecule has 2 heteroatoms. The van der Waals surface area contributed by atoms with Crippen LogP contribution in [0.4, 0.5) is 0 Å². The van der Waals surface area contributed by atoms with Gasteiger partial charge in [0.1, 0.15) is 0 Å². The van der Waals surface area contributed by atoms with E-state index in [0.717, 1.165) is 47.8 Å². The molecule has 0 amide bonds. The maximum absolute atomic E-state index is 14.3. The lowest BCUT2D eigenvalue weighted by Crippen LogP contribution is -2.55. The van der Waals surface area contributed by atoms with E-state index in [1.54, 1.807) is 0 Å². The van der Waals surface area contributed by atoms with Crippen molar-refractivity contribution < 1.29 is 9.90 Å². The maximum atomic E-state index is 14.3. The number of aliphatic hydroxyl groups is 1. The van der Waals surface area contributed by atoms with E-state index < -0.39 is 5.60 Å². The molecule has 8 atom stereocenters. The first-order valence-electron chi connectivity index (χ1n) is 14.6. The number of carbonyl (C=O) groups is 1. The molecule has 2 aromatic rings. The molecule has 0 aliphatic heterocycles. The number of fused-ring (bicyclic) bond motifs is 5. The first-order valence-corrected chi connectivity index (χ1v) is 14.6. The van der Waals surface area contributed by atoms with Gasteiger partial charge >= 0.3 is 0 Å². The zero-order chi connectivity index (χ0) is 25.3. The predicted octanol–water partition coefficient (Wildman–Crippen LogP) is 8.25. The molecule has 0 spiro atoms. The quantitative estimate of drug-likeness (QED) is 0.445. The van der Waals surface area contributed by atoms with E-state index in [2.05, 4.69) is 70.2 Å². The molecule has 0 radical (unpaired) electrons. The minimum Gasteiger partial charge on any atom is -0.390 e. The van der Waals surface area contributed by atoms with Crippen molar-refractivity contribution in [1.29, 1.82) is 0 Å². The monoisotopic (exact) mass is 484 g/mol. The van der Waals surface area contributed by atoms with Gasteiger partial charge in [0.25, 0.3) is 0 Å². The van der Waals surface area contributed by atoms with Crippen molar-refractivity contribution in [1.82, 2.24) is 0 Å². The highest BCUT2D eigenvalue weighted by molar-refractivity contribution is 6.04. The third kappa shape index (κ3) is 3.73. The van der Waals surface area contributed by atoms with Crippen LogP contribution in [0.1, 0.15) is 94.5 Å². The number of carbonyl (C=O) groups excluding carboxylic acids is 1. The lowest BCUT2D eigenvalue weighted by atomic mass is 9.44. The average molecular weight is 485 g/mol. The molecule has 36 heavy (non-hydrogen) atoms. The van der Waals surface area contributed by atoms with E-state index in [1.807, 2.05) is 6.07 Å². The third-order valence-electron chi connectivity index (χ3n) is 11.8. The fraction of sp³-hybridized carbons (Fsp3) is 0.618. The smallest absolute Gasteiger partial charge is 0.167 e. The highest BCUT2D eigenvalue weighted by Gasteiger charge is 2.61. The fourth-order valence-electron chi connectivity index (χ4n) is 9.78. The second kappa shape index (κ2) is 8.55. The highest BCUT2D eigenvalue weighted by atomic mass is 16.3. The first kappa shape index (κ1) is 24.4. The number of rotatable bonds is 3. The molecule has 4 aliphatic carbocycles.